The van der Waals surface area contributed by atoms with Gasteiger partial charge in [-0.2, -0.15) is 0 Å². The fourth-order valence-corrected chi connectivity index (χ4v) is 1.78. The summed E-state index contributed by atoms with van der Waals surface area (Å²) in [6.07, 6.45) is 0.502. The monoisotopic (exact) mass is 238 g/mol. The van der Waals surface area contributed by atoms with Crippen molar-refractivity contribution in [1.29, 1.82) is 0 Å². The van der Waals surface area contributed by atoms with Gasteiger partial charge in [0.2, 0.25) is 0 Å². The molecule has 17 heavy (non-hydrogen) atoms. The van der Waals surface area contributed by atoms with Crippen molar-refractivity contribution in [2.75, 3.05) is 13.9 Å². The molecule has 0 spiro atoms. The molecule has 1 aliphatic heterocycles. The molecule has 0 aliphatic carbocycles. The van der Waals surface area contributed by atoms with Gasteiger partial charge in [-0.15, -0.1) is 0 Å². The zero-order valence-corrected chi connectivity index (χ0v) is 9.56. The van der Waals surface area contributed by atoms with Crippen LogP contribution in [0.15, 0.2) is 12.1 Å². The van der Waals surface area contributed by atoms with Gasteiger partial charge in [0.1, 0.15) is 11.5 Å². The number of carboxylic acids is 1. The summed E-state index contributed by atoms with van der Waals surface area (Å²) in [5.74, 6) is 0.602. The second-order valence-electron chi connectivity index (χ2n) is 3.78. The van der Waals surface area contributed by atoms with Gasteiger partial charge in [0.05, 0.1) is 13.7 Å². The van der Waals surface area contributed by atoms with Crippen LogP contribution in [-0.4, -0.2) is 25.0 Å². The summed E-state index contributed by atoms with van der Waals surface area (Å²) in [5, 5.41) is 8.68. The van der Waals surface area contributed by atoms with E-state index in [1.54, 1.807) is 7.11 Å². The van der Waals surface area contributed by atoms with Crippen molar-refractivity contribution in [2.45, 2.75) is 19.4 Å². The van der Waals surface area contributed by atoms with E-state index in [4.69, 9.17) is 19.3 Å². The van der Waals surface area contributed by atoms with Gasteiger partial charge in [-0.05, 0) is 24.1 Å². The molecule has 0 amide bonds. The van der Waals surface area contributed by atoms with E-state index in [0.29, 0.717) is 18.8 Å². The maximum atomic E-state index is 10.6. The molecular formula is C12H14O5. The number of fused-ring (bicyclic) bond motifs is 1. The largest absolute Gasteiger partial charge is 0.496 e. The normalized spacial score (nSPS) is 13.7. The first-order chi connectivity index (χ1) is 8.20. The van der Waals surface area contributed by atoms with Crippen molar-refractivity contribution in [3.8, 4) is 11.5 Å². The Labute approximate surface area is 98.9 Å². The fourth-order valence-electron chi connectivity index (χ4n) is 1.78. The molecule has 0 atom stereocenters. The lowest BCUT2D eigenvalue weighted by molar-refractivity contribution is -0.136. The first-order valence-corrected chi connectivity index (χ1v) is 5.33. The molecule has 1 heterocycles. The number of carbonyl (C=O) groups is 1. The number of ether oxygens (including phenoxy) is 3. The molecule has 0 bridgehead atoms. The number of hydrogen-bond acceptors (Lipinski definition) is 4. The second kappa shape index (κ2) is 5.05. The summed E-state index contributed by atoms with van der Waals surface area (Å²) >= 11 is 0. The van der Waals surface area contributed by atoms with E-state index in [1.165, 1.54) is 0 Å². The van der Waals surface area contributed by atoms with Gasteiger partial charge in [-0.3, -0.25) is 4.79 Å². The van der Waals surface area contributed by atoms with Crippen molar-refractivity contribution in [3.63, 3.8) is 0 Å². The third-order valence-electron chi connectivity index (χ3n) is 2.63. The Balaban J connectivity index is 2.26. The first-order valence-electron chi connectivity index (χ1n) is 5.33. The molecule has 0 fully saturated rings. The van der Waals surface area contributed by atoms with Gasteiger partial charge < -0.3 is 19.3 Å². The number of hydrogen-bond donors (Lipinski definition) is 1. The summed E-state index contributed by atoms with van der Waals surface area (Å²) < 4.78 is 15.7. The van der Waals surface area contributed by atoms with E-state index in [1.807, 2.05) is 12.1 Å². The van der Waals surface area contributed by atoms with Crippen LogP contribution in [0.5, 0.6) is 11.5 Å². The topological polar surface area (TPSA) is 65.0 Å². The molecular weight excluding hydrogens is 224 g/mol. The van der Waals surface area contributed by atoms with Crippen molar-refractivity contribution >= 4 is 5.97 Å². The molecule has 0 saturated heterocycles. The smallest absolute Gasteiger partial charge is 0.303 e. The van der Waals surface area contributed by atoms with Gasteiger partial charge in [0, 0.05) is 12.0 Å². The molecule has 5 heteroatoms. The molecule has 1 aromatic rings. The van der Waals surface area contributed by atoms with Gasteiger partial charge >= 0.3 is 5.97 Å². The molecule has 0 radical (unpaired) electrons. The quantitative estimate of drug-likeness (QED) is 0.862. The Bertz CT molecular complexity index is 427. The maximum Gasteiger partial charge on any atom is 0.303 e. The highest BCUT2D eigenvalue weighted by atomic mass is 16.7. The lowest BCUT2D eigenvalue weighted by Gasteiger charge is -2.20. The molecule has 1 aromatic carbocycles. The van der Waals surface area contributed by atoms with Crippen LogP contribution in [0.4, 0.5) is 0 Å². The van der Waals surface area contributed by atoms with Gasteiger partial charge in [0.15, 0.2) is 6.79 Å². The minimum absolute atomic E-state index is 0.0750. The Morgan fingerprint density at radius 2 is 2.35 bits per heavy atom. The lowest BCUT2D eigenvalue weighted by Crippen LogP contribution is -2.12. The predicted octanol–water partition coefficient (Wildman–Crippen LogP) is 1.58. The SMILES string of the molecule is COc1cc2c(cc1CCC(=O)O)OCOC2. The summed E-state index contributed by atoms with van der Waals surface area (Å²) in [4.78, 5) is 10.6. The van der Waals surface area contributed by atoms with E-state index >= 15 is 0 Å². The summed E-state index contributed by atoms with van der Waals surface area (Å²) in [5.41, 5.74) is 1.77. The molecule has 5 nitrogen and oxygen atoms in total. The molecule has 0 unspecified atom stereocenters. The lowest BCUT2D eigenvalue weighted by atomic mass is 10.0. The fraction of sp³-hybridized carbons (Fsp3) is 0.417. The standard InChI is InChI=1S/C12H14O5/c1-15-10-5-9-6-16-7-17-11(9)4-8(10)2-3-12(13)14/h4-5H,2-3,6-7H2,1H3,(H,13,14). The zero-order valence-electron chi connectivity index (χ0n) is 9.56. The van der Waals surface area contributed by atoms with Crippen LogP contribution in [-0.2, 0) is 22.6 Å². The molecule has 92 valence electrons. The number of benzene rings is 1. The minimum Gasteiger partial charge on any atom is -0.496 e. The van der Waals surface area contributed by atoms with Crippen LogP contribution >= 0.6 is 0 Å². The van der Waals surface area contributed by atoms with Gasteiger partial charge in [0.25, 0.3) is 0 Å². The van der Waals surface area contributed by atoms with E-state index in [9.17, 15) is 4.79 Å². The van der Waals surface area contributed by atoms with Crippen LogP contribution in [0.25, 0.3) is 0 Å². The first kappa shape index (κ1) is 11.7. The zero-order chi connectivity index (χ0) is 12.3. The number of methoxy groups -OCH3 is 1. The Kier molecular flexibility index (Phi) is 3.49. The van der Waals surface area contributed by atoms with Crippen LogP contribution in [0.3, 0.4) is 0 Å². The van der Waals surface area contributed by atoms with Gasteiger partial charge in [-0.25, -0.2) is 0 Å². The summed E-state index contributed by atoms with van der Waals surface area (Å²) in [6, 6.07) is 3.67. The van der Waals surface area contributed by atoms with Crippen molar-refractivity contribution in [1.82, 2.24) is 0 Å². The van der Waals surface area contributed by atoms with Crippen LogP contribution in [0.2, 0.25) is 0 Å². The highest BCUT2D eigenvalue weighted by Gasteiger charge is 2.15. The third kappa shape index (κ3) is 2.68. The van der Waals surface area contributed by atoms with Crippen molar-refractivity contribution < 1.29 is 24.1 Å². The average molecular weight is 238 g/mol. The van der Waals surface area contributed by atoms with Gasteiger partial charge in [-0.1, -0.05) is 0 Å². The Hall–Kier alpha value is -1.75. The molecule has 1 aliphatic rings. The minimum atomic E-state index is -0.825. The molecule has 2 rings (SSSR count). The molecule has 1 N–H and O–H groups in total. The van der Waals surface area contributed by atoms with Crippen LogP contribution in [0.1, 0.15) is 17.5 Å². The number of rotatable bonds is 4. The average Bonchev–Trinajstić information content (AvgIpc) is 2.35. The van der Waals surface area contributed by atoms with E-state index in [0.717, 1.165) is 16.9 Å². The Morgan fingerprint density at radius 3 is 3.06 bits per heavy atom. The third-order valence-corrected chi connectivity index (χ3v) is 2.63. The number of aryl methyl sites for hydroxylation is 1. The summed E-state index contributed by atoms with van der Waals surface area (Å²) in [6.45, 7) is 0.725. The van der Waals surface area contributed by atoms with Crippen molar-refractivity contribution in [2.24, 2.45) is 0 Å². The molecule has 0 saturated carbocycles. The number of carboxylic acid groups (broad SMARTS) is 1. The highest BCUT2D eigenvalue weighted by molar-refractivity contribution is 5.67. The predicted molar refractivity (Wildman–Crippen MR) is 59.2 cm³/mol. The van der Waals surface area contributed by atoms with Crippen LogP contribution in [0, 0.1) is 0 Å². The van der Waals surface area contributed by atoms with E-state index < -0.39 is 5.97 Å². The highest BCUT2D eigenvalue weighted by Crippen LogP contribution is 2.32. The second-order valence-corrected chi connectivity index (χ2v) is 3.78. The summed E-state index contributed by atoms with van der Waals surface area (Å²) in [7, 11) is 1.57. The van der Waals surface area contributed by atoms with E-state index in [-0.39, 0.29) is 13.2 Å². The Morgan fingerprint density at radius 1 is 1.53 bits per heavy atom. The van der Waals surface area contributed by atoms with Crippen molar-refractivity contribution in [3.05, 3.63) is 23.3 Å². The number of aliphatic carboxylic acids is 1. The maximum absolute atomic E-state index is 10.6. The molecule has 0 aromatic heterocycles. The van der Waals surface area contributed by atoms with Crippen LogP contribution < -0.4 is 9.47 Å². The van der Waals surface area contributed by atoms with E-state index in [2.05, 4.69) is 0 Å².